The van der Waals surface area contributed by atoms with Crippen LogP contribution in [0.15, 0.2) is 54.7 Å². The predicted octanol–water partition coefficient (Wildman–Crippen LogP) is 3.07. The molecule has 130 valence electrons. The minimum absolute atomic E-state index is 0.0379. The van der Waals surface area contributed by atoms with Gasteiger partial charge in [-0.3, -0.25) is 14.6 Å². The van der Waals surface area contributed by atoms with Gasteiger partial charge in [-0.1, -0.05) is 24.3 Å². The maximum absolute atomic E-state index is 12.7. The lowest BCUT2D eigenvalue weighted by Crippen LogP contribution is -2.49. The van der Waals surface area contributed by atoms with E-state index < -0.39 is 5.41 Å². The highest BCUT2D eigenvalue weighted by Crippen LogP contribution is 2.32. The summed E-state index contributed by atoms with van der Waals surface area (Å²) < 4.78 is 5.46. The van der Waals surface area contributed by atoms with Gasteiger partial charge in [-0.2, -0.15) is 0 Å². The van der Waals surface area contributed by atoms with Gasteiger partial charge in [-0.15, -0.1) is 0 Å². The van der Waals surface area contributed by atoms with E-state index in [2.05, 4.69) is 4.98 Å². The summed E-state index contributed by atoms with van der Waals surface area (Å²) >= 11 is 0. The smallest absolute Gasteiger partial charge is 0.313 e. The van der Waals surface area contributed by atoms with Crippen molar-refractivity contribution in [3.63, 3.8) is 0 Å². The van der Waals surface area contributed by atoms with E-state index >= 15 is 0 Å². The highest BCUT2D eigenvalue weighted by molar-refractivity contribution is 5.94. The SMILES string of the molecule is C[C@]1(C(=O)OCc2ccccn2)CCCN(C(=O)c2ccccc2)C1. The molecule has 3 rings (SSSR count). The van der Waals surface area contributed by atoms with Gasteiger partial charge in [0.25, 0.3) is 5.91 Å². The number of piperidine rings is 1. The maximum atomic E-state index is 12.7. The van der Waals surface area contributed by atoms with Crippen LogP contribution in [0, 0.1) is 5.41 Å². The van der Waals surface area contributed by atoms with Crippen LogP contribution in [0.4, 0.5) is 0 Å². The fourth-order valence-electron chi connectivity index (χ4n) is 3.14. The van der Waals surface area contributed by atoms with Crippen LogP contribution in [0.3, 0.4) is 0 Å². The number of benzene rings is 1. The molecule has 1 saturated heterocycles. The molecule has 1 aliphatic heterocycles. The molecule has 0 bridgehead atoms. The summed E-state index contributed by atoms with van der Waals surface area (Å²) in [4.78, 5) is 31.2. The lowest BCUT2D eigenvalue weighted by Gasteiger charge is -2.38. The zero-order valence-electron chi connectivity index (χ0n) is 14.4. The van der Waals surface area contributed by atoms with Crippen molar-refractivity contribution >= 4 is 11.9 Å². The Kier molecular flexibility index (Phi) is 5.12. The molecule has 5 nitrogen and oxygen atoms in total. The number of hydrogen-bond donors (Lipinski definition) is 0. The van der Waals surface area contributed by atoms with Crippen molar-refractivity contribution in [1.82, 2.24) is 9.88 Å². The molecule has 1 aliphatic rings. The molecule has 0 saturated carbocycles. The molecule has 0 radical (unpaired) electrons. The molecule has 0 aliphatic carbocycles. The van der Waals surface area contributed by atoms with Gasteiger partial charge in [0, 0.05) is 24.8 Å². The summed E-state index contributed by atoms with van der Waals surface area (Å²) in [5.74, 6) is -0.312. The van der Waals surface area contributed by atoms with Crippen LogP contribution < -0.4 is 0 Å². The molecule has 1 atom stereocenters. The van der Waals surface area contributed by atoms with Crippen LogP contribution in [0.5, 0.6) is 0 Å². The molecule has 1 amide bonds. The zero-order chi connectivity index (χ0) is 17.7. The van der Waals surface area contributed by atoms with Crippen LogP contribution in [0.25, 0.3) is 0 Å². The largest absolute Gasteiger partial charge is 0.459 e. The van der Waals surface area contributed by atoms with Crippen LogP contribution in [0.2, 0.25) is 0 Å². The fourth-order valence-corrected chi connectivity index (χ4v) is 3.14. The number of aromatic nitrogens is 1. The van der Waals surface area contributed by atoms with Gasteiger partial charge in [-0.25, -0.2) is 0 Å². The highest BCUT2D eigenvalue weighted by Gasteiger charge is 2.40. The van der Waals surface area contributed by atoms with E-state index in [0.29, 0.717) is 30.8 Å². The van der Waals surface area contributed by atoms with E-state index in [-0.39, 0.29) is 18.5 Å². The molecule has 2 heterocycles. The Balaban J connectivity index is 1.64. The third-order valence-electron chi connectivity index (χ3n) is 4.57. The van der Waals surface area contributed by atoms with E-state index in [1.807, 2.05) is 43.3 Å². The fraction of sp³-hybridized carbons (Fsp3) is 0.350. The normalized spacial score (nSPS) is 20.1. The number of hydrogen-bond acceptors (Lipinski definition) is 4. The first-order chi connectivity index (χ1) is 12.1. The standard InChI is InChI=1S/C20H22N2O3/c1-20(19(24)25-14-17-10-5-6-12-21-17)11-7-13-22(15-20)18(23)16-8-3-2-4-9-16/h2-6,8-10,12H,7,11,13-15H2,1H3/t20-/m0/s1. The van der Waals surface area contributed by atoms with Crippen molar-refractivity contribution in [2.24, 2.45) is 5.41 Å². The molecule has 2 aromatic rings. The van der Waals surface area contributed by atoms with Gasteiger partial charge in [0.15, 0.2) is 0 Å². The number of pyridine rings is 1. The number of rotatable bonds is 4. The Labute approximate surface area is 147 Å². The van der Waals surface area contributed by atoms with Crippen molar-refractivity contribution < 1.29 is 14.3 Å². The van der Waals surface area contributed by atoms with Gasteiger partial charge in [0.1, 0.15) is 6.61 Å². The first-order valence-electron chi connectivity index (χ1n) is 8.50. The Morgan fingerprint density at radius 1 is 1.16 bits per heavy atom. The first-order valence-corrected chi connectivity index (χ1v) is 8.50. The second kappa shape index (κ2) is 7.47. The monoisotopic (exact) mass is 338 g/mol. The van der Waals surface area contributed by atoms with E-state index in [0.717, 1.165) is 6.42 Å². The lowest BCUT2D eigenvalue weighted by atomic mass is 9.81. The minimum Gasteiger partial charge on any atom is -0.459 e. The topological polar surface area (TPSA) is 59.5 Å². The van der Waals surface area contributed by atoms with Gasteiger partial charge < -0.3 is 9.64 Å². The van der Waals surface area contributed by atoms with Crippen LogP contribution in [0.1, 0.15) is 35.8 Å². The molecule has 25 heavy (non-hydrogen) atoms. The van der Waals surface area contributed by atoms with Crippen molar-refractivity contribution in [1.29, 1.82) is 0 Å². The highest BCUT2D eigenvalue weighted by atomic mass is 16.5. The van der Waals surface area contributed by atoms with Crippen LogP contribution >= 0.6 is 0 Å². The number of carbonyl (C=O) groups is 2. The maximum Gasteiger partial charge on any atom is 0.313 e. The van der Waals surface area contributed by atoms with E-state index in [1.165, 1.54) is 0 Å². The summed E-state index contributed by atoms with van der Waals surface area (Å²) in [7, 11) is 0. The van der Waals surface area contributed by atoms with Crippen LogP contribution in [-0.2, 0) is 16.1 Å². The average molecular weight is 338 g/mol. The van der Waals surface area contributed by atoms with E-state index in [9.17, 15) is 9.59 Å². The second-order valence-corrected chi connectivity index (χ2v) is 6.65. The second-order valence-electron chi connectivity index (χ2n) is 6.65. The van der Waals surface area contributed by atoms with Crippen molar-refractivity contribution in [2.45, 2.75) is 26.4 Å². The molecular formula is C20H22N2O3. The Morgan fingerprint density at radius 2 is 1.92 bits per heavy atom. The number of likely N-dealkylation sites (tertiary alicyclic amines) is 1. The Morgan fingerprint density at radius 3 is 2.64 bits per heavy atom. The van der Waals surface area contributed by atoms with E-state index in [1.54, 1.807) is 23.2 Å². The molecule has 1 fully saturated rings. The van der Waals surface area contributed by atoms with Gasteiger partial charge >= 0.3 is 5.97 Å². The molecule has 0 N–H and O–H groups in total. The van der Waals surface area contributed by atoms with Crippen LogP contribution in [-0.4, -0.2) is 34.8 Å². The predicted molar refractivity (Wildman–Crippen MR) is 93.7 cm³/mol. The van der Waals surface area contributed by atoms with Crippen molar-refractivity contribution in [3.8, 4) is 0 Å². The molecule has 5 heteroatoms. The Bertz CT molecular complexity index is 733. The third-order valence-corrected chi connectivity index (χ3v) is 4.57. The molecule has 1 aromatic heterocycles. The summed E-state index contributed by atoms with van der Waals surface area (Å²) in [5.41, 5.74) is 0.679. The Hall–Kier alpha value is -2.69. The van der Waals surface area contributed by atoms with Crippen molar-refractivity contribution in [3.05, 3.63) is 66.0 Å². The molecular weight excluding hydrogens is 316 g/mol. The number of amides is 1. The number of carbonyl (C=O) groups excluding carboxylic acids is 2. The van der Waals surface area contributed by atoms with E-state index in [4.69, 9.17) is 4.74 Å². The first kappa shape index (κ1) is 17.1. The van der Waals surface area contributed by atoms with Gasteiger partial charge in [0.05, 0.1) is 11.1 Å². The summed E-state index contributed by atoms with van der Waals surface area (Å²) in [6, 6.07) is 14.7. The lowest BCUT2D eigenvalue weighted by molar-refractivity contribution is -0.159. The quantitative estimate of drug-likeness (QED) is 0.804. The van der Waals surface area contributed by atoms with Gasteiger partial charge in [0.2, 0.25) is 0 Å². The molecule has 1 aromatic carbocycles. The zero-order valence-corrected chi connectivity index (χ0v) is 14.4. The minimum atomic E-state index is -0.683. The summed E-state index contributed by atoms with van der Waals surface area (Å²) in [6.07, 6.45) is 3.17. The summed E-state index contributed by atoms with van der Waals surface area (Å²) in [5, 5.41) is 0. The number of nitrogens with zero attached hydrogens (tertiary/aromatic N) is 2. The molecule has 0 unspecified atom stereocenters. The number of ether oxygens (including phenoxy) is 1. The summed E-state index contributed by atoms with van der Waals surface area (Å²) in [6.45, 7) is 3.07. The molecule has 0 spiro atoms. The number of esters is 1. The van der Waals surface area contributed by atoms with Gasteiger partial charge in [-0.05, 0) is 44.0 Å². The third kappa shape index (κ3) is 4.05. The average Bonchev–Trinajstić information content (AvgIpc) is 2.67. The van der Waals surface area contributed by atoms with Crippen molar-refractivity contribution in [2.75, 3.05) is 13.1 Å².